The van der Waals surface area contributed by atoms with Gasteiger partial charge in [0.25, 0.3) is 0 Å². The average molecular weight is 246 g/mol. The van der Waals surface area contributed by atoms with Crippen LogP contribution >= 0.6 is 0 Å². The van der Waals surface area contributed by atoms with Gasteiger partial charge in [-0.3, -0.25) is 9.59 Å². The maximum Gasteiger partial charge on any atom is 0.237 e. The van der Waals surface area contributed by atoms with Crippen molar-refractivity contribution in [3.05, 3.63) is 29.6 Å². The summed E-state index contributed by atoms with van der Waals surface area (Å²) in [6.45, 7) is 3.29. The molecule has 92 valence electrons. The first-order valence-corrected chi connectivity index (χ1v) is 5.55. The number of imide groups is 1. The zero-order valence-corrected chi connectivity index (χ0v) is 9.98. The summed E-state index contributed by atoms with van der Waals surface area (Å²) in [7, 11) is 0. The number of rotatable bonds is 1. The van der Waals surface area contributed by atoms with Gasteiger partial charge in [0.05, 0.1) is 17.3 Å². The van der Waals surface area contributed by atoms with Crippen molar-refractivity contribution in [1.29, 1.82) is 5.26 Å². The van der Waals surface area contributed by atoms with Crippen LogP contribution in [0, 0.1) is 29.0 Å². The Bertz CT molecular complexity index is 557. The minimum Gasteiger partial charge on any atom is -0.274 e. The minimum absolute atomic E-state index is 0.0831. The van der Waals surface area contributed by atoms with Crippen molar-refractivity contribution in [2.24, 2.45) is 11.8 Å². The highest BCUT2D eigenvalue weighted by Gasteiger charge is 2.43. The lowest BCUT2D eigenvalue weighted by molar-refractivity contribution is -0.122. The van der Waals surface area contributed by atoms with Gasteiger partial charge in [0, 0.05) is 11.8 Å². The molecule has 0 radical (unpaired) electrons. The van der Waals surface area contributed by atoms with E-state index < -0.39 is 29.5 Å². The van der Waals surface area contributed by atoms with E-state index in [4.69, 9.17) is 5.26 Å². The van der Waals surface area contributed by atoms with Crippen LogP contribution in [0.3, 0.4) is 0 Å². The zero-order valence-electron chi connectivity index (χ0n) is 9.98. The fraction of sp³-hybridized carbons (Fsp3) is 0.308. The lowest BCUT2D eigenvalue weighted by Crippen LogP contribution is -2.31. The van der Waals surface area contributed by atoms with Gasteiger partial charge in [-0.25, -0.2) is 9.29 Å². The number of nitrogens with zero attached hydrogens (tertiary/aromatic N) is 2. The molecule has 0 bridgehead atoms. The van der Waals surface area contributed by atoms with E-state index in [0.717, 1.165) is 11.0 Å². The molecule has 1 saturated heterocycles. The summed E-state index contributed by atoms with van der Waals surface area (Å²) < 4.78 is 13.8. The number of hydrogen-bond acceptors (Lipinski definition) is 3. The number of hydrogen-bond donors (Lipinski definition) is 0. The molecule has 1 aromatic rings. The maximum absolute atomic E-state index is 13.8. The van der Waals surface area contributed by atoms with Crippen LogP contribution in [0.15, 0.2) is 18.2 Å². The van der Waals surface area contributed by atoms with Gasteiger partial charge in [-0.2, -0.15) is 5.26 Å². The summed E-state index contributed by atoms with van der Waals surface area (Å²) in [4.78, 5) is 24.7. The molecule has 1 aromatic carbocycles. The third-order valence-corrected chi connectivity index (χ3v) is 3.29. The van der Waals surface area contributed by atoms with E-state index in [1.807, 2.05) is 0 Å². The van der Waals surface area contributed by atoms with Crippen molar-refractivity contribution in [3.63, 3.8) is 0 Å². The van der Waals surface area contributed by atoms with Crippen molar-refractivity contribution < 1.29 is 14.0 Å². The molecule has 1 fully saturated rings. The minimum atomic E-state index is -0.739. The first-order valence-electron chi connectivity index (χ1n) is 5.55. The first-order chi connectivity index (χ1) is 8.47. The second-order valence-electron chi connectivity index (χ2n) is 4.37. The van der Waals surface area contributed by atoms with E-state index >= 15 is 0 Å². The SMILES string of the molecule is CC1C(=O)N(c2ccc(C#N)cc2F)C(=O)C1C. The van der Waals surface area contributed by atoms with E-state index in [-0.39, 0.29) is 11.3 Å². The third-order valence-electron chi connectivity index (χ3n) is 3.29. The van der Waals surface area contributed by atoms with Crippen molar-refractivity contribution in [1.82, 2.24) is 0 Å². The maximum atomic E-state index is 13.8. The lowest BCUT2D eigenvalue weighted by atomic mass is 10.00. The Morgan fingerprint density at radius 3 is 2.22 bits per heavy atom. The van der Waals surface area contributed by atoms with Crippen molar-refractivity contribution in [2.75, 3.05) is 4.90 Å². The molecule has 1 heterocycles. The standard InChI is InChI=1S/C13H11FN2O2/c1-7-8(2)13(18)16(12(7)17)11-4-3-9(6-15)5-10(11)14/h3-5,7-8H,1-2H3. The smallest absolute Gasteiger partial charge is 0.237 e. The Kier molecular flexibility index (Phi) is 2.87. The molecule has 0 saturated carbocycles. The summed E-state index contributed by atoms with van der Waals surface area (Å²) in [6.07, 6.45) is 0. The van der Waals surface area contributed by atoms with E-state index in [1.54, 1.807) is 19.9 Å². The van der Waals surface area contributed by atoms with Crippen LogP contribution in [0.1, 0.15) is 19.4 Å². The summed E-state index contributed by atoms with van der Waals surface area (Å²) in [5.74, 6) is -2.45. The van der Waals surface area contributed by atoms with E-state index in [0.29, 0.717) is 0 Å². The van der Waals surface area contributed by atoms with Crippen LogP contribution in [-0.4, -0.2) is 11.8 Å². The Hall–Kier alpha value is -2.22. The van der Waals surface area contributed by atoms with Gasteiger partial charge in [-0.15, -0.1) is 0 Å². The van der Waals surface area contributed by atoms with Crippen molar-refractivity contribution in [2.45, 2.75) is 13.8 Å². The molecule has 5 heteroatoms. The van der Waals surface area contributed by atoms with Gasteiger partial charge >= 0.3 is 0 Å². The molecular formula is C13H11FN2O2. The van der Waals surface area contributed by atoms with Gasteiger partial charge in [0.15, 0.2) is 0 Å². The lowest BCUT2D eigenvalue weighted by Gasteiger charge is -2.15. The van der Waals surface area contributed by atoms with Crippen LogP contribution < -0.4 is 4.90 Å². The number of carbonyl (C=O) groups is 2. The summed E-state index contributed by atoms with van der Waals surface area (Å²) in [5.41, 5.74) is 0.0663. The van der Waals surface area contributed by atoms with Gasteiger partial charge in [0.2, 0.25) is 11.8 Å². The van der Waals surface area contributed by atoms with Crippen LogP contribution in [0.5, 0.6) is 0 Å². The second-order valence-corrected chi connectivity index (χ2v) is 4.37. The molecule has 1 aliphatic rings. The molecular weight excluding hydrogens is 235 g/mol. The molecule has 2 atom stereocenters. The van der Waals surface area contributed by atoms with Crippen LogP contribution in [0.4, 0.5) is 10.1 Å². The Morgan fingerprint density at radius 1 is 1.22 bits per heavy atom. The third kappa shape index (κ3) is 1.66. The van der Waals surface area contributed by atoms with Crippen molar-refractivity contribution in [3.8, 4) is 6.07 Å². The molecule has 2 rings (SSSR count). The van der Waals surface area contributed by atoms with Crippen LogP contribution in [-0.2, 0) is 9.59 Å². The monoisotopic (exact) mass is 246 g/mol. The fourth-order valence-corrected chi connectivity index (χ4v) is 1.94. The molecule has 0 aliphatic carbocycles. The van der Waals surface area contributed by atoms with Crippen LogP contribution in [0.2, 0.25) is 0 Å². The number of halogens is 1. The van der Waals surface area contributed by atoms with E-state index in [2.05, 4.69) is 0 Å². The number of amides is 2. The molecule has 2 amide bonds. The van der Waals surface area contributed by atoms with Gasteiger partial charge in [0.1, 0.15) is 5.82 Å². The van der Waals surface area contributed by atoms with Crippen molar-refractivity contribution >= 4 is 17.5 Å². The van der Waals surface area contributed by atoms with Gasteiger partial charge in [-0.05, 0) is 18.2 Å². The predicted molar refractivity (Wildman–Crippen MR) is 61.9 cm³/mol. The summed E-state index contributed by atoms with van der Waals surface area (Å²) >= 11 is 0. The number of nitriles is 1. The zero-order chi connectivity index (χ0) is 13.4. The quantitative estimate of drug-likeness (QED) is 0.710. The molecule has 18 heavy (non-hydrogen) atoms. The number of anilines is 1. The molecule has 0 aromatic heterocycles. The number of benzene rings is 1. The molecule has 0 spiro atoms. The number of carbonyl (C=O) groups excluding carboxylic acids is 2. The molecule has 4 nitrogen and oxygen atoms in total. The average Bonchev–Trinajstić information content (AvgIpc) is 2.55. The fourth-order valence-electron chi connectivity index (χ4n) is 1.94. The van der Waals surface area contributed by atoms with Gasteiger partial charge < -0.3 is 0 Å². The largest absolute Gasteiger partial charge is 0.274 e. The van der Waals surface area contributed by atoms with Crippen LogP contribution in [0.25, 0.3) is 0 Å². The topological polar surface area (TPSA) is 61.2 Å². The Labute approximate surface area is 104 Å². The summed E-state index contributed by atoms with van der Waals surface area (Å²) in [6, 6.07) is 5.48. The predicted octanol–water partition coefficient (Wildman–Crippen LogP) is 1.84. The first kappa shape index (κ1) is 12.2. The highest BCUT2D eigenvalue weighted by Crippen LogP contribution is 2.32. The highest BCUT2D eigenvalue weighted by molar-refractivity contribution is 6.21. The summed E-state index contributed by atoms with van der Waals surface area (Å²) in [5, 5.41) is 8.64. The molecule has 1 aliphatic heterocycles. The van der Waals surface area contributed by atoms with E-state index in [9.17, 15) is 14.0 Å². The van der Waals surface area contributed by atoms with Gasteiger partial charge in [-0.1, -0.05) is 13.8 Å². The Morgan fingerprint density at radius 2 is 1.78 bits per heavy atom. The Balaban J connectivity index is 2.47. The second kappa shape index (κ2) is 4.22. The molecule has 2 unspecified atom stereocenters. The highest BCUT2D eigenvalue weighted by atomic mass is 19.1. The van der Waals surface area contributed by atoms with E-state index in [1.165, 1.54) is 12.1 Å². The molecule has 0 N–H and O–H groups in total. The normalized spacial score (nSPS) is 23.3.